The Balaban J connectivity index is 1.45. The summed E-state index contributed by atoms with van der Waals surface area (Å²) in [5, 5.41) is 0.478. The van der Waals surface area contributed by atoms with Crippen LogP contribution < -0.4 is 21.1 Å². The number of aromatic nitrogens is 3. The Kier molecular flexibility index (Phi) is 5.46. The molecule has 2 aromatic heterocycles. The van der Waals surface area contributed by atoms with Gasteiger partial charge in [-0.25, -0.2) is 9.97 Å². The van der Waals surface area contributed by atoms with Gasteiger partial charge in [0.25, 0.3) is 5.56 Å². The Morgan fingerprint density at radius 1 is 1.30 bits per heavy atom. The summed E-state index contributed by atoms with van der Waals surface area (Å²) in [5.41, 5.74) is 8.87. The van der Waals surface area contributed by atoms with E-state index in [-0.39, 0.29) is 23.1 Å². The largest absolute Gasteiger partial charge is 0.376 e. The molecule has 0 amide bonds. The number of hydrogen-bond acceptors (Lipinski definition) is 8. The molecule has 33 heavy (non-hydrogen) atoms. The highest BCUT2D eigenvalue weighted by atomic mass is 35.5. The normalized spacial score (nSPS) is 23.7. The molecular weight excluding hydrogens is 442 g/mol. The molecular formula is C23H30ClN7O2. The van der Waals surface area contributed by atoms with Gasteiger partial charge in [-0.2, -0.15) is 0 Å². The van der Waals surface area contributed by atoms with Crippen molar-refractivity contribution in [2.24, 2.45) is 23.2 Å². The summed E-state index contributed by atoms with van der Waals surface area (Å²) < 4.78 is 7.47. The van der Waals surface area contributed by atoms with Crippen molar-refractivity contribution in [1.82, 2.24) is 14.5 Å². The van der Waals surface area contributed by atoms with Crippen molar-refractivity contribution in [3.63, 3.8) is 0 Å². The summed E-state index contributed by atoms with van der Waals surface area (Å²) in [6.07, 6.45) is 3.62. The predicted molar refractivity (Wildman–Crippen MR) is 130 cm³/mol. The first kappa shape index (κ1) is 22.3. The first-order valence-corrected chi connectivity index (χ1v) is 11.7. The van der Waals surface area contributed by atoms with E-state index in [1.54, 1.807) is 23.9 Å². The Morgan fingerprint density at radius 2 is 2.03 bits per heavy atom. The van der Waals surface area contributed by atoms with Gasteiger partial charge in [-0.1, -0.05) is 11.6 Å². The van der Waals surface area contributed by atoms with Crippen molar-refractivity contribution in [2.75, 3.05) is 43.6 Å². The Labute approximate surface area is 198 Å². The van der Waals surface area contributed by atoms with Crippen LogP contribution in [0.1, 0.15) is 36.6 Å². The van der Waals surface area contributed by atoms with Crippen LogP contribution in [-0.2, 0) is 18.3 Å². The van der Waals surface area contributed by atoms with Crippen LogP contribution in [0.5, 0.6) is 0 Å². The first-order valence-electron chi connectivity index (χ1n) is 11.3. The van der Waals surface area contributed by atoms with Gasteiger partial charge in [0.1, 0.15) is 5.82 Å². The Bertz CT molecular complexity index is 1180. The average Bonchev–Trinajstić information content (AvgIpc) is 3.34. The maximum atomic E-state index is 13.5. The lowest BCUT2D eigenvalue weighted by molar-refractivity contribution is 0.0973. The molecule has 2 saturated heterocycles. The molecule has 9 nitrogen and oxygen atoms in total. The minimum absolute atomic E-state index is 0.0179. The Hall–Kier alpha value is -2.49. The molecule has 0 saturated carbocycles. The van der Waals surface area contributed by atoms with Gasteiger partial charge in [0, 0.05) is 57.4 Å². The third kappa shape index (κ3) is 3.45. The summed E-state index contributed by atoms with van der Waals surface area (Å²) in [5.74, 6) is 1.32. The van der Waals surface area contributed by atoms with Crippen molar-refractivity contribution in [2.45, 2.75) is 38.5 Å². The van der Waals surface area contributed by atoms with E-state index in [0.717, 1.165) is 25.9 Å². The molecule has 0 unspecified atom stereocenters. The number of anilines is 2. The predicted octanol–water partition coefficient (Wildman–Crippen LogP) is 1.58. The van der Waals surface area contributed by atoms with Gasteiger partial charge in [0.15, 0.2) is 0 Å². The summed E-state index contributed by atoms with van der Waals surface area (Å²) in [7, 11) is 5.53. The SMILES string of the molecule is C[C@@H]1OCC2(CCN(c3nc4c(c(=O)n3C)C(c3ccnc(N(C)C)c3Cl)=NC4)CC2)[C@@H]1N. The van der Waals surface area contributed by atoms with Crippen LogP contribution in [0.3, 0.4) is 0 Å². The number of hydrogen-bond donors (Lipinski definition) is 1. The van der Waals surface area contributed by atoms with E-state index < -0.39 is 0 Å². The molecule has 5 heterocycles. The summed E-state index contributed by atoms with van der Waals surface area (Å²) in [4.78, 5) is 31.4. The number of piperidine rings is 1. The second kappa shape index (κ2) is 8.07. The zero-order valence-electron chi connectivity index (χ0n) is 19.5. The quantitative estimate of drug-likeness (QED) is 0.725. The van der Waals surface area contributed by atoms with Crippen molar-refractivity contribution in [1.29, 1.82) is 0 Å². The van der Waals surface area contributed by atoms with Crippen molar-refractivity contribution < 1.29 is 4.74 Å². The monoisotopic (exact) mass is 471 g/mol. The zero-order chi connectivity index (χ0) is 23.5. The number of fused-ring (bicyclic) bond motifs is 1. The van der Waals surface area contributed by atoms with E-state index in [1.807, 2.05) is 25.9 Å². The zero-order valence-corrected chi connectivity index (χ0v) is 20.3. The van der Waals surface area contributed by atoms with Crippen LogP contribution in [0, 0.1) is 5.41 Å². The lowest BCUT2D eigenvalue weighted by Crippen LogP contribution is -2.51. The molecule has 2 fully saturated rings. The van der Waals surface area contributed by atoms with Crippen LogP contribution in [0.4, 0.5) is 11.8 Å². The van der Waals surface area contributed by atoms with Crippen LogP contribution in [0.25, 0.3) is 0 Å². The summed E-state index contributed by atoms with van der Waals surface area (Å²) >= 11 is 6.63. The number of ether oxygens (including phenoxy) is 1. The molecule has 5 rings (SSSR count). The minimum Gasteiger partial charge on any atom is -0.376 e. The molecule has 2 aromatic rings. The number of halogens is 1. The average molecular weight is 472 g/mol. The molecule has 2 atom stereocenters. The molecule has 0 aliphatic carbocycles. The van der Waals surface area contributed by atoms with Crippen LogP contribution >= 0.6 is 11.6 Å². The lowest BCUT2D eigenvalue weighted by atomic mass is 9.73. The molecule has 10 heteroatoms. The van der Waals surface area contributed by atoms with E-state index in [1.165, 1.54) is 0 Å². The highest BCUT2D eigenvalue weighted by Crippen LogP contribution is 2.41. The minimum atomic E-state index is -0.111. The van der Waals surface area contributed by atoms with Gasteiger partial charge in [-0.3, -0.25) is 14.4 Å². The molecule has 3 aliphatic heterocycles. The molecule has 176 valence electrons. The summed E-state index contributed by atoms with van der Waals surface area (Å²) in [6.45, 7) is 4.69. The molecule has 1 spiro atoms. The standard InChI is InChI=1S/C23H30ClN7O2/c1-13-19(25)23(12-33-13)6-9-31(10-7-23)22-28-15-11-27-18(16(15)21(32)30(22)4)14-5-8-26-20(17(14)24)29(2)3/h5,8,13,19H,6-7,9-12,25H2,1-4H3/t13-,19+/m0/s1. The summed E-state index contributed by atoms with van der Waals surface area (Å²) in [6, 6.07) is 1.85. The van der Waals surface area contributed by atoms with Crippen LogP contribution in [0.2, 0.25) is 5.02 Å². The molecule has 2 N–H and O–H groups in total. The van der Waals surface area contributed by atoms with Gasteiger partial charge in [0.05, 0.1) is 41.2 Å². The molecule has 0 aromatic carbocycles. The Morgan fingerprint density at radius 3 is 2.67 bits per heavy atom. The number of pyridine rings is 1. The fourth-order valence-corrected chi connectivity index (χ4v) is 5.64. The van der Waals surface area contributed by atoms with Crippen LogP contribution in [-0.4, -0.2) is 66.2 Å². The van der Waals surface area contributed by atoms with Gasteiger partial charge in [-0.15, -0.1) is 0 Å². The van der Waals surface area contributed by atoms with E-state index in [9.17, 15) is 4.79 Å². The van der Waals surface area contributed by atoms with E-state index >= 15 is 0 Å². The molecule has 0 radical (unpaired) electrons. The third-order valence-electron chi connectivity index (χ3n) is 7.40. The van der Waals surface area contributed by atoms with Crippen molar-refractivity contribution in [3.8, 4) is 0 Å². The molecule has 3 aliphatic rings. The van der Waals surface area contributed by atoms with Gasteiger partial charge in [-0.05, 0) is 25.8 Å². The van der Waals surface area contributed by atoms with Gasteiger partial charge < -0.3 is 20.3 Å². The smallest absolute Gasteiger partial charge is 0.264 e. The maximum Gasteiger partial charge on any atom is 0.264 e. The fraction of sp³-hybridized carbons (Fsp3) is 0.565. The molecule has 0 bridgehead atoms. The fourth-order valence-electron chi connectivity index (χ4n) is 5.27. The second-order valence-electron chi connectivity index (χ2n) is 9.54. The third-order valence-corrected chi connectivity index (χ3v) is 7.78. The number of rotatable bonds is 3. The second-order valence-corrected chi connectivity index (χ2v) is 9.92. The number of aliphatic imine (C=N–C) groups is 1. The number of nitrogens with two attached hydrogens (primary N) is 1. The highest BCUT2D eigenvalue weighted by molar-refractivity contribution is 6.37. The lowest BCUT2D eigenvalue weighted by Gasteiger charge is -2.41. The maximum absolute atomic E-state index is 13.5. The van der Waals surface area contributed by atoms with Gasteiger partial charge >= 0.3 is 0 Å². The number of nitrogens with zero attached hydrogens (tertiary/aromatic N) is 6. The van der Waals surface area contributed by atoms with Gasteiger partial charge in [0.2, 0.25) is 5.95 Å². The highest BCUT2D eigenvalue weighted by Gasteiger charge is 2.48. The first-order chi connectivity index (χ1) is 15.7. The van der Waals surface area contributed by atoms with Crippen LogP contribution in [0.15, 0.2) is 22.1 Å². The van der Waals surface area contributed by atoms with Crippen molar-refractivity contribution >= 4 is 29.1 Å². The van der Waals surface area contributed by atoms with E-state index in [0.29, 0.717) is 52.5 Å². The van der Waals surface area contributed by atoms with E-state index in [2.05, 4.69) is 14.9 Å². The van der Waals surface area contributed by atoms with E-state index in [4.69, 9.17) is 27.1 Å². The van der Waals surface area contributed by atoms with Crippen molar-refractivity contribution in [3.05, 3.63) is 44.5 Å². The topological polar surface area (TPSA) is 102 Å².